The van der Waals surface area contributed by atoms with Crippen molar-refractivity contribution in [3.63, 3.8) is 0 Å². The average molecular weight is 378 g/mol. The fourth-order valence-corrected chi connectivity index (χ4v) is 3.62. The molecule has 0 bridgehead atoms. The molecule has 1 fully saturated rings. The Labute approximate surface area is 160 Å². The highest BCUT2D eigenvalue weighted by Gasteiger charge is 2.31. The molecule has 5 rings (SSSR count). The van der Waals surface area contributed by atoms with Gasteiger partial charge in [0, 0.05) is 30.7 Å². The molecule has 1 saturated carbocycles. The zero-order chi connectivity index (χ0) is 19.1. The molecule has 2 aliphatic rings. The summed E-state index contributed by atoms with van der Waals surface area (Å²) in [5.41, 5.74) is 3.15. The van der Waals surface area contributed by atoms with E-state index in [0.717, 1.165) is 41.4 Å². The third-order valence-corrected chi connectivity index (χ3v) is 5.26. The number of carbonyl (C=O) groups excluding carboxylic acids is 2. The van der Waals surface area contributed by atoms with Crippen LogP contribution in [-0.4, -0.2) is 56.6 Å². The highest BCUT2D eigenvalue weighted by molar-refractivity contribution is 5.95. The Bertz CT molecular complexity index is 1070. The van der Waals surface area contributed by atoms with E-state index in [9.17, 15) is 9.59 Å². The third kappa shape index (κ3) is 2.84. The summed E-state index contributed by atoms with van der Waals surface area (Å²) in [6.07, 6.45) is 8.80. The number of pyridine rings is 1. The van der Waals surface area contributed by atoms with E-state index in [2.05, 4.69) is 24.9 Å². The topological polar surface area (TPSA) is 108 Å². The molecule has 142 valence electrons. The molecule has 1 aliphatic heterocycles. The molecule has 9 nitrogen and oxygen atoms in total. The number of rotatable bonds is 5. The minimum atomic E-state index is -0.195. The maximum absolute atomic E-state index is 12.4. The summed E-state index contributed by atoms with van der Waals surface area (Å²) in [7, 11) is 0. The normalized spacial score (nSPS) is 16.9. The summed E-state index contributed by atoms with van der Waals surface area (Å²) in [6, 6.07) is 4.21. The second-order valence-electron chi connectivity index (χ2n) is 7.04. The molecule has 0 spiro atoms. The standard InChI is InChI=1S/C19H18N6O3/c26-11-25(13-1-2-13)17-9-15(14-3-6-20-18(14)22-17)12-4-7-24(8-5-12)19(27)16-10-21-28-23-16/h3-4,6,9-11,13H,1-2,5,7-8H2,(H,20,22). The van der Waals surface area contributed by atoms with Crippen LogP contribution >= 0.6 is 0 Å². The van der Waals surface area contributed by atoms with Crippen LogP contribution in [0.2, 0.25) is 0 Å². The highest BCUT2D eigenvalue weighted by Crippen LogP contribution is 2.35. The minimum absolute atomic E-state index is 0.195. The first-order chi connectivity index (χ1) is 13.7. The molecule has 28 heavy (non-hydrogen) atoms. The van der Waals surface area contributed by atoms with Crippen molar-refractivity contribution in [3.05, 3.63) is 41.9 Å². The number of anilines is 1. The van der Waals surface area contributed by atoms with Gasteiger partial charge >= 0.3 is 0 Å². The Morgan fingerprint density at radius 3 is 2.96 bits per heavy atom. The number of carbonyl (C=O) groups is 2. The van der Waals surface area contributed by atoms with Crippen molar-refractivity contribution in [1.82, 2.24) is 25.2 Å². The van der Waals surface area contributed by atoms with Gasteiger partial charge in [-0.05, 0) is 47.7 Å². The van der Waals surface area contributed by atoms with Gasteiger partial charge in [-0.1, -0.05) is 11.2 Å². The van der Waals surface area contributed by atoms with E-state index >= 15 is 0 Å². The van der Waals surface area contributed by atoms with Crippen LogP contribution in [0.15, 0.2) is 35.2 Å². The van der Waals surface area contributed by atoms with Crippen LogP contribution in [0, 0.1) is 0 Å². The summed E-state index contributed by atoms with van der Waals surface area (Å²) in [5.74, 6) is 0.468. The molecule has 0 unspecified atom stereocenters. The van der Waals surface area contributed by atoms with Gasteiger partial charge in [0.1, 0.15) is 17.7 Å². The predicted molar refractivity (Wildman–Crippen MR) is 100 cm³/mol. The Hall–Kier alpha value is -3.49. The maximum atomic E-state index is 12.4. The molecular formula is C19H18N6O3. The molecule has 0 atom stereocenters. The van der Waals surface area contributed by atoms with Gasteiger partial charge < -0.3 is 9.88 Å². The fourth-order valence-electron chi connectivity index (χ4n) is 3.62. The molecule has 3 aromatic rings. The van der Waals surface area contributed by atoms with E-state index in [4.69, 9.17) is 0 Å². The number of amides is 2. The van der Waals surface area contributed by atoms with Gasteiger partial charge in [0.2, 0.25) is 6.41 Å². The smallest absolute Gasteiger partial charge is 0.278 e. The van der Waals surface area contributed by atoms with Gasteiger partial charge in [-0.3, -0.25) is 14.5 Å². The molecule has 0 aromatic carbocycles. The summed E-state index contributed by atoms with van der Waals surface area (Å²) in [6.45, 7) is 1.05. The first-order valence-corrected chi connectivity index (χ1v) is 9.22. The lowest BCUT2D eigenvalue weighted by Crippen LogP contribution is -2.34. The SMILES string of the molecule is O=CN(c1cc(C2=CCN(C(=O)c3cnon3)CC2)c2cc[nH]c2n1)C1CC1. The van der Waals surface area contributed by atoms with Gasteiger partial charge in [-0.2, -0.15) is 0 Å². The Morgan fingerprint density at radius 2 is 2.29 bits per heavy atom. The van der Waals surface area contributed by atoms with Crippen molar-refractivity contribution in [2.24, 2.45) is 0 Å². The molecule has 0 radical (unpaired) electrons. The minimum Gasteiger partial charge on any atom is -0.346 e. The number of aromatic nitrogens is 4. The monoisotopic (exact) mass is 378 g/mol. The maximum Gasteiger partial charge on any atom is 0.278 e. The highest BCUT2D eigenvalue weighted by atomic mass is 16.6. The second kappa shape index (κ2) is 6.59. The average Bonchev–Trinajstić information content (AvgIpc) is 3.21. The lowest BCUT2D eigenvalue weighted by Gasteiger charge is -2.26. The lowest BCUT2D eigenvalue weighted by atomic mass is 9.97. The van der Waals surface area contributed by atoms with Crippen molar-refractivity contribution in [2.75, 3.05) is 18.0 Å². The first-order valence-electron chi connectivity index (χ1n) is 9.22. The van der Waals surface area contributed by atoms with Crippen LogP contribution in [0.25, 0.3) is 16.6 Å². The molecule has 1 N–H and O–H groups in total. The third-order valence-electron chi connectivity index (χ3n) is 5.26. The molecule has 4 heterocycles. The number of fused-ring (bicyclic) bond motifs is 1. The van der Waals surface area contributed by atoms with Crippen molar-refractivity contribution in [3.8, 4) is 0 Å². The zero-order valence-electron chi connectivity index (χ0n) is 15.0. The van der Waals surface area contributed by atoms with Gasteiger partial charge in [0.25, 0.3) is 5.91 Å². The number of nitrogens with zero attached hydrogens (tertiary/aromatic N) is 5. The lowest BCUT2D eigenvalue weighted by molar-refractivity contribution is -0.107. The number of hydrogen-bond acceptors (Lipinski definition) is 6. The number of H-pyrrole nitrogens is 1. The summed E-state index contributed by atoms with van der Waals surface area (Å²) >= 11 is 0. The van der Waals surface area contributed by atoms with Crippen molar-refractivity contribution in [1.29, 1.82) is 0 Å². The second-order valence-corrected chi connectivity index (χ2v) is 7.04. The van der Waals surface area contributed by atoms with E-state index in [0.29, 0.717) is 25.3 Å². The van der Waals surface area contributed by atoms with Crippen LogP contribution in [0.4, 0.5) is 5.82 Å². The summed E-state index contributed by atoms with van der Waals surface area (Å²) in [4.78, 5) is 35.2. The largest absolute Gasteiger partial charge is 0.346 e. The van der Waals surface area contributed by atoms with Gasteiger partial charge in [-0.25, -0.2) is 9.61 Å². The van der Waals surface area contributed by atoms with Gasteiger partial charge in [0.15, 0.2) is 5.69 Å². The summed E-state index contributed by atoms with van der Waals surface area (Å²) < 4.78 is 4.52. The van der Waals surface area contributed by atoms with Crippen LogP contribution in [0.3, 0.4) is 0 Å². The number of nitrogens with one attached hydrogen (secondary N) is 1. The van der Waals surface area contributed by atoms with Crippen LogP contribution < -0.4 is 4.90 Å². The predicted octanol–water partition coefficient (Wildman–Crippen LogP) is 2.00. The summed E-state index contributed by atoms with van der Waals surface area (Å²) in [5, 5.41) is 8.12. The van der Waals surface area contributed by atoms with Crippen molar-refractivity contribution < 1.29 is 14.2 Å². The van der Waals surface area contributed by atoms with Crippen molar-refractivity contribution >= 4 is 34.7 Å². The van der Waals surface area contributed by atoms with E-state index in [1.807, 2.05) is 24.4 Å². The van der Waals surface area contributed by atoms with Crippen LogP contribution in [0.1, 0.15) is 35.3 Å². The quantitative estimate of drug-likeness (QED) is 0.680. The molecule has 2 amide bonds. The molecular weight excluding hydrogens is 360 g/mol. The molecule has 9 heteroatoms. The first kappa shape index (κ1) is 16.7. The Balaban J connectivity index is 1.46. The van der Waals surface area contributed by atoms with E-state index < -0.39 is 0 Å². The fraction of sp³-hybridized carbons (Fsp3) is 0.316. The Morgan fingerprint density at radius 1 is 1.39 bits per heavy atom. The molecule has 3 aromatic heterocycles. The van der Waals surface area contributed by atoms with Gasteiger partial charge in [-0.15, -0.1) is 0 Å². The van der Waals surface area contributed by atoms with Gasteiger partial charge in [0.05, 0.1) is 0 Å². The van der Waals surface area contributed by atoms with Crippen molar-refractivity contribution in [2.45, 2.75) is 25.3 Å². The van der Waals surface area contributed by atoms with E-state index in [-0.39, 0.29) is 17.6 Å². The number of hydrogen-bond donors (Lipinski definition) is 1. The molecule has 1 aliphatic carbocycles. The van der Waals surface area contributed by atoms with E-state index in [1.165, 1.54) is 6.20 Å². The van der Waals surface area contributed by atoms with Crippen LogP contribution in [0.5, 0.6) is 0 Å². The molecule has 0 saturated heterocycles. The number of aromatic amines is 1. The van der Waals surface area contributed by atoms with E-state index in [1.54, 1.807) is 9.80 Å². The Kier molecular flexibility index (Phi) is 3.92. The zero-order valence-corrected chi connectivity index (χ0v) is 15.0. The van der Waals surface area contributed by atoms with Crippen LogP contribution in [-0.2, 0) is 4.79 Å².